The monoisotopic (exact) mass is 254 g/mol. The van der Waals surface area contributed by atoms with Crippen LogP contribution in [-0.4, -0.2) is 24.8 Å². The van der Waals surface area contributed by atoms with Crippen LogP contribution >= 0.6 is 0 Å². The summed E-state index contributed by atoms with van der Waals surface area (Å²) < 4.78 is 11.4. The highest BCUT2D eigenvalue weighted by Crippen LogP contribution is 2.38. The van der Waals surface area contributed by atoms with E-state index < -0.39 is 5.60 Å². The van der Waals surface area contributed by atoms with Crippen molar-refractivity contribution >= 4 is 5.97 Å². The third-order valence-corrected chi connectivity index (χ3v) is 3.79. The summed E-state index contributed by atoms with van der Waals surface area (Å²) in [5, 5.41) is 0. The van der Waals surface area contributed by atoms with Crippen molar-refractivity contribution in [2.24, 2.45) is 0 Å². The quantitative estimate of drug-likeness (QED) is 0.536. The first-order chi connectivity index (χ1) is 8.55. The standard InChI is InChI=1S/C15H26O3/c1-5-6-10-15(18-14(16)12(2)3)11-8-7-9-13(15)17-4/h13H,2,5-11H2,1,3-4H3. The summed E-state index contributed by atoms with van der Waals surface area (Å²) in [6.45, 7) is 7.51. The molecule has 0 radical (unpaired) electrons. The third kappa shape index (κ3) is 3.58. The fourth-order valence-corrected chi connectivity index (χ4v) is 2.71. The van der Waals surface area contributed by atoms with E-state index >= 15 is 0 Å². The highest BCUT2D eigenvalue weighted by Gasteiger charge is 2.44. The Bertz CT molecular complexity index is 298. The van der Waals surface area contributed by atoms with Crippen molar-refractivity contribution in [3.05, 3.63) is 12.2 Å². The second-order valence-corrected chi connectivity index (χ2v) is 5.31. The van der Waals surface area contributed by atoms with Crippen LogP contribution in [0.15, 0.2) is 12.2 Å². The predicted octanol–water partition coefficient (Wildman–Crippen LogP) is 3.62. The molecule has 18 heavy (non-hydrogen) atoms. The zero-order valence-corrected chi connectivity index (χ0v) is 12.0. The van der Waals surface area contributed by atoms with Crippen molar-refractivity contribution in [1.82, 2.24) is 0 Å². The normalized spacial score (nSPS) is 27.8. The number of rotatable bonds is 6. The van der Waals surface area contributed by atoms with E-state index in [1.807, 2.05) is 0 Å². The van der Waals surface area contributed by atoms with Crippen LogP contribution in [0.2, 0.25) is 0 Å². The molecule has 1 aliphatic rings. The molecule has 2 atom stereocenters. The summed E-state index contributed by atoms with van der Waals surface area (Å²) in [6, 6.07) is 0. The van der Waals surface area contributed by atoms with Crippen molar-refractivity contribution in [3.8, 4) is 0 Å². The molecule has 0 aromatic carbocycles. The molecule has 0 N–H and O–H groups in total. The second kappa shape index (κ2) is 6.93. The Morgan fingerprint density at radius 3 is 2.72 bits per heavy atom. The molecule has 1 aliphatic carbocycles. The van der Waals surface area contributed by atoms with Crippen LogP contribution in [0, 0.1) is 0 Å². The predicted molar refractivity (Wildman–Crippen MR) is 72.4 cm³/mol. The van der Waals surface area contributed by atoms with Gasteiger partial charge in [-0.25, -0.2) is 4.79 Å². The summed E-state index contributed by atoms with van der Waals surface area (Å²) in [4.78, 5) is 11.9. The number of hydrogen-bond acceptors (Lipinski definition) is 3. The summed E-state index contributed by atoms with van der Waals surface area (Å²) in [5.41, 5.74) is 0.0327. The zero-order chi connectivity index (χ0) is 13.6. The van der Waals surface area contributed by atoms with Gasteiger partial charge >= 0.3 is 5.97 Å². The molecule has 0 amide bonds. The summed E-state index contributed by atoms with van der Waals surface area (Å²) in [7, 11) is 1.71. The molecule has 3 nitrogen and oxygen atoms in total. The molecular formula is C15H26O3. The van der Waals surface area contributed by atoms with Crippen LogP contribution in [0.3, 0.4) is 0 Å². The van der Waals surface area contributed by atoms with Crippen molar-refractivity contribution < 1.29 is 14.3 Å². The first-order valence-corrected chi connectivity index (χ1v) is 6.97. The number of unbranched alkanes of at least 4 members (excludes halogenated alkanes) is 1. The average Bonchev–Trinajstić information content (AvgIpc) is 2.36. The highest BCUT2D eigenvalue weighted by atomic mass is 16.6. The molecule has 0 aliphatic heterocycles. The van der Waals surface area contributed by atoms with E-state index in [0.717, 1.165) is 44.9 Å². The third-order valence-electron chi connectivity index (χ3n) is 3.79. The molecule has 1 rings (SSSR count). The van der Waals surface area contributed by atoms with Gasteiger partial charge in [-0.1, -0.05) is 26.3 Å². The van der Waals surface area contributed by atoms with E-state index in [-0.39, 0.29) is 12.1 Å². The number of carbonyl (C=O) groups excluding carboxylic acids is 1. The van der Waals surface area contributed by atoms with Gasteiger partial charge in [0, 0.05) is 12.7 Å². The maximum absolute atomic E-state index is 11.9. The molecule has 3 heteroatoms. The number of methoxy groups -OCH3 is 1. The van der Waals surface area contributed by atoms with Crippen LogP contribution in [-0.2, 0) is 14.3 Å². The Morgan fingerprint density at radius 1 is 1.44 bits per heavy atom. The smallest absolute Gasteiger partial charge is 0.333 e. The lowest BCUT2D eigenvalue weighted by molar-refractivity contribution is -0.181. The Balaban J connectivity index is 2.84. The topological polar surface area (TPSA) is 35.5 Å². The molecule has 0 heterocycles. The number of hydrogen-bond donors (Lipinski definition) is 0. The van der Waals surface area contributed by atoms with Crippen LogP contribution in [0.25, 0.3) is 0 Å². The van der Waals surface area contributed by atoms with Crippen LogP contribution < -0.4 is 0 Å². The Kier molecular flexibility index (Phi) is 5.86. The van der Waals surface area contributed by atoms with Crippen LogP contribution in [0.5, 0.6) is 0 Å². The molecule has 0 bridgehead atoms. The van der Waals surface area contributed by atoms with E-state index in [4.69, 9.17) is 9.47 Å². The van der Waals surface area contributed by atoms with Crippen molar-refractivity contribution in [2.75, 3.05) is 7.11 Å². The van der Waals surface area contributed by atoms with Gasteiger partial charge in [0.05, 0.1) is 6.10 Å². The van der Waals surface area contributed by atoms with Crippen molar-refractivity contribution in [1.29, 1.82) is 0 Å². The maximum Gasteiger partial charge on any atom is 0.333 e. The first-order valence-electron chi connectivity index (χ1n) is 6.97. The van der Waals surface area contributed by atoms with Crippen molar-refractivity contribution in [2.45, 2.75) is 70.5 Å². The summed E-state index contributed by atoms with van der Waals surface area (Å²) in [6.07, 6.45) is 7.21. The molecule has 0 aromatic heterocycles. The molecular weight excluding hydrogens is 228 g/mol. The van der Waals surface area contributed by atoms with Gasteiger partial charge in [0.25, 0.3) is 0 Å². The van der Waals surface area contributed by atoms with Crippen molar-refractivity contribution in [3.63, 3.8) is 0 Å². The zero-order valence-electron chi connectivity index (χ0n) is 12.0. The minimum absolute atomic E-state index is 0.0288. The van der Waals surface area contributed by atoms with E-state index in [2.05, 4.69) is 13.5 Å². The lowest BCUT2D eigenvalue weighted by Crippen LogP contribution is -2.49. The number of esters is 1. The number of carbonyl (C=O) groups is 1. The van der Waals surface area contributed by atoms with E-state index in [0.29, 0.717) is 5.57 Å². The van der Waals surface area contributed by atoms with Gasteiger partial charge < -0.3 is 9.47 Å². The lowest BCUT2D eigenvalue weighted by atomic mass is 9.78. The minimum Gasteiger partial charge on any atom is -0.453 e. The SMILES string of the molecule is C=C(C)C(=O)OC1(CCCC)CCCCC1OC. The first kappa shape index (κ1) is 15.2. The second-order valence-electron chi connectivity index (χ2n) is 5.31. The number of ether oxygens (including phenoxy) is 2. The molecule has 1 saturated carbocycles. The fraction of sp³-hybridized carbons (Fsp3) is 0.800. The average molecular weight is 254 g/mol. The van der Waals surface area contributed by atoms with Gasteiger partial charge in [0.1, 0.15) is 5.60 Å². The van der Waals surface area contributed by atoms with Gasteiger partial charge in [0.2, 0.25) is 0 Å². The molecule has 104 valence electrons. The van der Waals surface area contributed by atoms with Gasteiger partial charge in [-0.2, -0.15) is 0 Å². The molecule has 2 unspecified atom stereocenters. The molecule has 1 fully saturated rings. The fourth-order valence-electron chi connectivity index (χ4n) is 2.71. The summed E-state index contributed by atoms with van der Waals surface area (Å²) in [5.74, 6) is -0.282. The minimum atomic E-state index is -0.432. The van der Waals surface area contributed by atoms with Gasteiger partial charge in [-0.05, 0) is 39.0 Å². The summed E-state index contributed by atoms with van der Waals surface area (Å²) >= 11 is 0. The molecule has 0 aromatic rings. The Morgan fingerprint density at radius 2 is 2.17 bits per heavy atom. The maximum atomic E-state index is 11.9. The van der Waals surface area contributed by atoms with E-state index in [9.17, 15) is 4.79 Å². The highest BCUT2D eigenvalue weighted by molar-refractivity contribution is 5.87. The van der Waals surface area contributed by atoms with E-state index in [1.165, 1.54) is 0 Å². The van der Waals surface area contributed by atoms with Crippen LogP contribution in [0.4, 0.5) is 0 Å². The Hall–Kier alpha value is -0.830. The van der Waals surface area contributed by atoms with Gasteiger partial charge in [0.15, 0.2) is 0 Å². The largest absolute Gasteiger partial charge is 0.453 e. The van der Waals surface area contributed by atoms with Gasteiger partial charge in [-0.15, -0.1) is 0 Å². The molecule has 0 spiro atoms. The van der Waals surface area contributed by atoms with Crippen LogP contribution in [0.1, 0.15) is 58.8 Å². The van der Waals surface area contributed by atoms with E-state index in [1.54, 1.807) is 14.0 Å². The van der Waals surface area contributed by atoms with Gasteiger partial charge in [-0.3, -0.25) is 0 Å². The Labute approximate surface area is 111 Å². The lowest BCUT2D eigenvalue weighted by Gasteiger charge is -2.42. The molecule has 0 saturated heterocycles.